The molecule has 4 rings (SSSR count). The van der Waals surface area contributed by atoms with Crippen LogP contribution in [-0.4, -0.2) is 71.6 Å². The Morgan fingerprint density at radius 2 is 1.90 bits per heavy atom. The van der Waals surface area contributed by atoms with E-state index in [0.717, 1.165) is 19.3 Å². The lowest BCUT2D eigenvalue weighted by atomic mass is 10.0. The normalized spacial score (nSPS) is 30.8. The molecule has 3 N–H and O–H groups in total. The molecule has 0 spiro atoms. The first-order chi connectivity index (χ1) is 19.2. The minimum absolute atomic E-state index is 0.246. The smallest absolute Gasteiger partial charge is 0.408 e. The molecule has 4 atom stereocenters. The summed E-state index contributed by atoms with van der Waals surface area (Å²) in [5, 5.41) is 5.56. The van der Waals surface area contributed by atoms with Gasteiger partial charge in [-0.1, -0.05) is 31.1 Å². The van der Waals surface area contributed by atoms with Crippen molar-refractivity contribution in [3.63, 3.8) is 0 Å². The third-order valence-corrected chi connectivity index (χ3v) is 10.6. The number of carbonyl (C=O) groups is 4. The van der Waals surface area contributed by atoms with Crippen molar-refractivity contribution in [1.82, 2.24) is 20.3 Å². The van der Waals surface area contributed by atoms with Crippen molar-refractivity contribution in [3.8, 4) is 0 Å². The van der Waals surface area contributed by atoms with Crippen molar-refractivity contribution < 1.29 is 32.3 Å². The van der Waals surface area contributed by atoms with Gasteiger partial charge in [0.1, 0.15) is 23.2 Å². The number of alkyl carbamates (subject to hydrolysis) is 1. The molecule has 41 heavy (non-hydrogen) atoms. The van der Waals surface area contributed by atoms with Gasteiger partial charge < -0.3 is 20.3 Å². The molecule has 2 aliphatic carbocycles. The van der Waals surface area contributed by atoms with Crippen LogP contribution in [0.5, 0.6) is 0 Å². The zero-order chi connectivity index (χ0) is 30.1. The second kappa shape index (κ2) is 11.8. The maximum Gasteiger partial charge on any atom is 0.408 e. The molecule has 11 nitrogen and oxygen atoms in total. The van der Waals surface area contributed by atoms with Gasteiger partial charge in [-0.3, -0.25) is 19.1 Å². The Morgan fingerprint density at radius 3 is 2.56 bits per heavy atom. The predicted molar refractivity (Wildman–Crippen MR) is 153 cm³/mol. The molecule has 0 aromatic carbocycles. The Balaban J connectivity index is 1.55. The lowest BCUT2D eigenvalue weighted by molar-refractivity contribution is -0.141. The molecule has 2 aliphatic heterocycles. The molecule has 0 aromatic heterocycles. The van der Waals surface area contributed by atoms with E-state index >= 15 is 0 Å². The monoisotopic (exact) mass is 592 g/mol. The summed E-state index contributed by atoms with van der Waals surface area (Å²) < 4.78 is 32.9. The molecular formula is C29H44N4O7S. The minimum Gasteiger partial charge on any atom is -0.444 e. The van der Waals surface area contributed by atoms with Crippen molar-refractivity contribution in [2.24, 2.45) is 5.92 Å². The summed E-state index contributed by atoms with van der Waals surface area (Å²) in [6.45, 7) is 9.21. The number of nitrogens with one attached hydrogen (secondary N) is 3. The summed E-state index contributed by atoms with van der Waals surface area (Å²) in [7, 11) is -3.98. The number of sulfonamides is 1. The van der Waals surface area contributed by atoms with Crippen LogP contribution in [0.2, 0.25) is 0 Å². The summed E-state index contributed by atoms with van der Waals surface area (Å²) >= 11 is 0. The quantitative estimate of drug-likeness (QED) is 0.401. The fourth-order valence-corrected chi connectivity index (χ4v) is 7.47. The van der Waals surface area contributed by atoms with E-state index in [4.69, 9.17) is 4.74 Å². The number of rotatable bonds is 6. The standard InChI is InChI=1S/C29H44N4O7S/c1-5-15-28(16-17-28)41(38,39)32-25(36)29-19-20(29)12-9-7-6-8-10-13-21(30-26(37)40-27(2,3)4)24(35)33-18-11-14-22(33)23(34)31-29/h5,9,12,20-22H,1,6-8,10-11,13-19H2,2-4H3,(H,30,37)(H,31,34)(H,32,36)/b12-9-/t20-,21-,22-,29+/m0/s1. The number of allylic oxidation sites excluding steroid dienone is 2. The molecule has 4 aliphatic rings. The van der Waals surface area contributed by atoms with E-state index in [1.807, 2.05) is 12.2 Å². The van der Waals surface area contributed by atoms with Crippen LogP contribution in [0.25, 0.3) is 0 Å². The fraction of sp³-hybridized carbons (Fsp3) is 0.724. The van der Waals surface area contributed by atoms with Crippen LogP contribution in [0.1, 0.15) is 91.4 Å². The van der Waals surface area contributed by atoms with Crippen molar-refractivity contribution in [1.29, 1.82) is 0 Å². The molecule has 2 saturated carbocycles. The maximum atomic E-state index is 13.7. The lowest BCUT2D eigenvalue weighted by Gasteiger charge is -2.30. The first-order valence-electron chi connectivity index (χ1n) is 14.7. The van der Waals surface area contributed by atoms with Crippen LogP contribution in [-0.2, 0) is 29.1 Å². The number of hydrogen-bond donors (Lipinski definition) is 3. The van der Waals surface area contributed by atoms with Gasteiger partial charge in [-0.2, -0.15) is 0 Å². The lowest BCUT2D eigenvalue weighted by Crippen LogP contribution is -2.58. The van der Waals surface area contributed by atoms with E-state index < -0.39 is 55.9 Å². The Morgan fingerprint density at radius 1 is 1.17 bits per heavy atom. The SMILES string of the molecule is C=CCC1(S(=O)(=O)NC(=O)[C@@]23C[C@@H]2/C=C\CCCCC[C@H](NC(=O)OC(C)(C)C)C(=O)N2CCC[C@H]2C(=O)N3)CC1. The van der Waals surface area contributed by atoms with Gasteiger partial charge in [0.15, 0.2) is 0 Å². The van der Waals surface area contributed by atoms with E-state index in [-0.39, 0.29) is 24.7 Å². The molecule has 228 valence electrons. The predicted octanol–water partition coefficient (Wildman–Crippen LogP) is 2.82. The average molecular weight is 593 g/mol. The molecule has 0 radical (unpaired) electrons. The largest absolute Gasteiger partial charge is 0.444 e. The van der Waals surface area contributed by atoms with Gasteiger partial charge in [-0.25, -0.2) is 13.2 Å². The first kappa shape index (κ1) is 31.1. The summed E-state index contributed by atoms with van der Waals surface area (Å²) in [5.74, 6) is -1.97. The molecule has 0 bridgehead atoms. The Labute approximate surface area is 242 Å². The topological polar surface area (TPSA) is 151 Å². The van der Waals surface area contributed by atoms with E-state index in [1.165, 1.54) is 4.90 Å². The first-order valence-corrected chi connectivity index (χ1v) is 16.2. The Bertz CT molecular complexity index is 1200. The van der Waals surface area contributed by atoms with Gasteiger partial charge in [0, 0.05) is 12.5 Å². The van der Waals surface area contributed by atoms with Crippen molar-refractivity contribution in [2.45, 2.75) is 119 Å². The second-order valence-corrected chi connectivity index (χ2v) is 14.9. The van der Waals surface area contributed by atoms with Gasteiger partial charge in [0.25, 0.3) is 5.91 Å². The zero-order valence-corrected chi connectivity index (χ0v) is 25.2. The molecule has 1 saturated heterocycles. The van der Waals surface area contributed by atoms with Gasteiger partial charge in [0.05, 0.1) is 4.75 Å². The van der Waals surface area contributed by atoms with Crippen LogP contribution >= 0.6 is 0 Å². The van der Waals surface area contributed by atoms with Gasteiger partial charge in [-0.15, -0.1) is 6.58 Å². The number of carbonyl (C=O) groups excluding carboxylic acids is 4. The van der Waals surface area contributed by atoms with E-state index in [2.05, 4.69) is 21.9 Å². The number of nitrogens with zero attached hydrogens (tertiary/aromatic N) is 1. The highest BCUT2D eigenvalue weighted by Gasteiger charge is 2.63. The highest BCUT2D eigenvalue weighted by Crippen LogP contribution is 2.49. The van der Waals surface area contributed by atoms with E-state index in [1.54, 1.807) is 26.8 Å². The fourth-order valence-electron chi connectivity index (χ4n) is 5.85. The molecule has 3 fully saturated rings. The second-order valence-electron chi connectivity index (χ2n) is 12.8. The van der Waals surface area contributed by atoms with Crippen molar-refractivity contribution >= 4 is 33.8 Å². The van der Waals surface area contributed by atoms with Crippen LogP contribution in [0.3, 0.4) is 0 Å². The van der Waals surface area contributed by atoms with E-state index in [9.17, 15) is 27.6 Å². The minimum atomic E-state index is -3.98. The Hall–Kier alpha value is -2.89. The van der Waals surface area contributed by atoms with Gasteiger partial charge >= 0.3 is 6.09 Å². The summed E-state index contributed by atoms with van der Waals surface area (Å²) in [6.07, 6.45) is 10.6. The average Bonchev–Trinajstić information content (AvgIpc) is 3.75. The highest BCUT2D eigenvalue weighted by molar-refractivity contribution is 7.91. The van der Waals surface area contributed by atoms with Crippen LogP contribution < -0.4 is 15.4 Å². The van der Waals surface area contributed by atoms with Crippen molar-refractivity contribution in [2.75, 3.05) is 6.54 Å². The zero-order valence-electron chi connectivity index (χ0n) is 24.4. The summed E-state index contributed by atoms with van der Waals surface area (Å²) in [6, 6.07) is -1.69. The molecule has 4 amide bonds. The van der Waals surface area contributed by atoms with Crippen LogP contribution in [0, 0.1) is 5.92 Å². The van der Waals surface area contributed by atoms with Gasteiger partial charge in [0.2, 0.25) is 21.8 Å². The maximum absolute atomic E-state index is 13.7. The number of amides is 4. The van der Waals surface area contributed by atoms with Gasteiger partial charge in [-0.05, 0) is 78.6 Å². The Kier molecular flexibility index (Phi) is 8.92. The van der Waals surface area contributed by atoms with Crippen LogP contribution in [0.4, 0.5) is 4.79 Å². The number of ether oxygens (including phenoxy) is 1. The summed E-state index contributed by atoms with van der Waals surface area (Å²) in [4.78, 5) is 54.9. The van der Waals surface area contributed by atoms with E-state index in [0.29, 0.717) is 45.1 Å². The molecule has 12 heteroatoms. The van der Waals surface area contributed by atoms with Crippen LogP contribution in [0.15, 0.2) is 24.8 Å². The third kappa shape index (κ3) is 6.95. The molecule has 0 aromatic rings. The third-order valence-electron chi connectivity index (χ3n) is 8.45. The number of hydrogen-bond acceptors (Lipinski definition) is 7. The molecule has 0 unspecified atom stereocenters. The number of fused-ring (bicyclic) bond motifs is 2. The summed E-state index contributed by atoms with van der Waals surface area (Å²) in [5.41, 5.74) is -2.14. The molecular weight excluding hydrogens is 548 g/mol. The molecule has 2 heterocycles. The van der Waals surface area contributed by atoms with Crippen molar-refractivity contribution in [3.05, 3.63) is 24.8 Å². The highest BCUT2D eigenvalue weighted by atomic mass is 32.2.